The second-order valence-electron chi connectivity index (χ2n) is 6.12. The fourth-order valence-electron chi connectivity index (χ4n) is 2.36. The highest BCUT2D eigenvalue weighted by Gasteiger charge is 2.16. The van der Waals surface area contributed by atoms with Crippen LogP contribution in [-0.2, 0) is 11.2 Å². The summed E-state index contributed by atoms with van der Waals surface area (Å²) >= 11 is 1.71. The van der Waals surface area contributed by atoms with Crippen molar-refractivity contribution in [3.8, 4) is 0 Å². The molecule has 0 aliphatic heterocycles. The van der Waals surface area contributed by atoms with Gasteiger partial charge in [-0.05, 0) is 34.9 Å². The Labute approximate surface area is 143 Å². The number of amides is 1. The zero-order valence-electron chi connectivity index (χ0n) is 14.1. The van der Waals surface area contributed by atoms with Gasteiger partial charge in [0.05, 0.1) is 12.6 Å². The van der Waals surface area contributed by atoms with Crippen LogP contribution in [0, 0.1) is 5.92 Å². The van der Waals surface area contributed by atoms with E-state index in [4.69, 9.17) is 0 Å². The van der Waals surface area contributed by atoms with Gasteiger partial charge in [0.1, 0.15) is 0 Å². The van der Waals surface area contributed by atoms with E-state index in [-0.39, 0.29) is 11.9 Å². The standard InChI is InChI=1S/C19H26N2OS/c1-4-15-7-9-16(10-8-15)19(17-6-5-11-23-17)21-13-18(22)20-12-14(2)3/h5-11,14,19,21H,4,12-13H2,1-3H3,(H,20,22)/t19-/m1/s1. The van der Waals surface area contributed by atoms with Gasteiger partial charge in [-0.2, -0.15) is 0 Å². The van der Waals surface area contributed by atoms with Crippen molar-refractivity contribution in [2.24, 2.45) is 5.92 Å². The van der Waals surface area contributed by atoms with Crippen LogP contribution in [-0.4, -0.2) is 19.0 Å². The third kappa shape index (κ3) is 5.48. The predicted octanol–water partition coefficient (Wildman–Crippen LogP) is 3.76. The molecule has 3 nitrogen and oxygen atoms in total. The summed E-state index contributed by atoms with van der Waals surface area (Å²) in [5, 5.41) is 8.42. The summed E-state index contributed by atoms with van der Waals surface area (Å²) in [6, 6.07) is 12.9. The number of thiophene rings is 1. The first-order chi connectivity index (χ1) is 11.1. The van der Waals surface area contributed by atoms with Crippen LogP contribution >= 0.6 is 11.3 Å². The normalized spacial score (nSPS) is 12.3. The molecule has 1 aromatic heterocycles. The third-order valence-corrected chi connectivity index (χ3v) is 4.66. The Balaban J connectivity index is 2.04. The van der Waals surface area contributed by atoms with Gasteiger partial charge < -0.3 is 5.32 Å². The van der Waals surface area contributed by atoms with Crippen molar-refractivity contribution in [3.63, 3.8) is 0 Å². The van der Waals surface area contributed by atoms with Crippen LogP contribution in [0.3, 0.4) is 0 Å². The third-order valence-electron chi connectivity index (χ3n) is 3.72. The lowest BCUT2D eigenvalue weighted by molar-refractivity contribution is -0.120. The molecule has 1 heterocycles. The maximum Gasteiger partial charge on any atom is 0.233 e. The molecule has 2 rings (SSSR count). The minimum Gasteiger partial charge on any atom is -0.355 e. The molecule has 0 saturated carbocycles. The van der Waals surface area contributed by atoms with Crippen LogP contribution in [0.2, 0.25) is 0 Å². The van der Waals surface area contributed by atoms with Gasteiger partial charge in [0.25, 0.3) is 0 Å². The Hall–Kier alpha value is -1.65. The topological polar surface area (TPSA) is 41.1 Å². The van der Waals surface area contributed by atoms with Crippen LogP contribution in [0.15, 0.2) is 41.8 Å². The number of benzene rings is 1. The van der Waals surface area contributed by atoms with Gasteiger partial charge in [0.15, 0.2) is 0 Å². The number of aryl methyl sites for hydroxylation is 1. The summed E-state index contributed by atoms with van der Waals surface area (Å²) < 4.78 is 0. The van der Waals surface area contributed by atoms with Crippen LogP contribution in [0.25, 0.3) is 0 Å². The summed E-state index contributed by atoms with van der Waals surface area (Å²) in [7, 11) is 0. The molecule has 0 aliphatic carbocycles. The molecule has 0 fully saturated rings. The summed E-state index contributed by atoms with van der Waals surface area (Å²) in [6.07, 6.45) is 1.04. The molecule has 0 unspecified atom stereocenters. The number of hydrogen-bond donors (Lipinski definition) is 2. The summed E-state index contributed by atoms with van der Waals surface area (Å²) in [4.78, 5) is 13.2. The molecule has 2 aromatic rings. The van der Waals surface area contributed by atoms with Crippen LogP contribution < -0.4 is 10.6 Å². The zero-order valence-corrected chi connectivity index (χ0v) is 15.0. The molecular formula is C19H26N2OS. The van der Waals surface area contributed by atoms with E-state index in [0.29, 0.717) is 12.5 Å². The fourth-order valence-corrected chi connectivity index (χ4v) is 3.19. The Morgan fingerprint density at radius 3 is 2.48 bits per heavy atom. The monoisotopic (exact) mass is 330 g/mol. The molecule has 0 aliphatic rings. The largest absolute Gasteiger partial charge is 0.355 e. The average molecular weight is 330 g/mol. The molecule has 0 radical (unpaired) electrons. The first-order valence-electron chi connectivity index (χ1n) is 8.22. The van der Waals surface area contributed by atoms with Crippen LogP contribution in [0.5, 0.6) is 0 Å². The summed E-state index contributed by atoms with van der Waals surface area (Å²) in [5.74, 6) is 0.513. The average Bonchev–Trinajstić information content (AvgIpc) is 3.08. The molecule has 1 atom stereocenters. The highest BCUT2D eigenvalue weighted by molar-refractivity contribution is 7.10. The first kappa shape index (κ1) is 17.7. The number of carbonyl (C=O) groups is 1. The quantitative estimate of drug-likeness (QED) is 0.774. The lowest BCUT2D eigenvalue weighted by atomic mass is 10.0. The molecule has 2 N–H and O–H groups in total. The predicted molar refractivity (Wildman–Crippen MR) is 97.8 cm³/mol. The number of hydrogen-bond acceptors (Lipinski definition) is 3. The van der Waals surface area contributed by atoms with Gasteiger partial charge in [-0.3, -0.25) is 10.1 Å². The minimum atomic E-state index is 0.0467. The van der Waals surface area contributed by atoms with Gasteiger partial charge in [0.2, 0.25) is 5.91 Å². The lowest BCUT2D eigenvalue weighted by Crippen LogP contribution is -2.37. The fraction of sp³-hybridized carbons (Fsp3) is 0.421. The van der Waals surface area contributed by atoms with Gasteiger partial charge in [-0.15, -0.1) is 11.3 Å². The van der Waals surface area contributed by atoms with Crippen molar-refractivity contribution < 1.29 is 4.79 Å². The van der Waals surface area contributed by atoms with Gasteiger partial charge in [-0.1, -0.05) is 51.1 Å². The lowest BCUT2D eigenvalue weighted by Gasteiger charge is -2.18. The van der Waals surface area contributed by atoms with E-state index in [2.05, 4.69) is 67.1 Å². The maximum atomic E-state index is 12.0. The van der Waals surface area contributed by atoms with Gasteiger partial charge >= 0.3 is 0 Å². The van der Waals surface area contributed by atoms with E-state index in [9.17, 15) is 4.79 Å². The maximum absolute atomic E-state index is 12.0. The molecular weight excluding hydrogens is 304 g/mol. The van der Waals surface area contributed by atoms with Crippen LogP contribution in [0.4, 0.5) is 0 Å². The van der Waals surface area contributed by atoms with Crippen molar-refractivity contribution in [3.05, 3.63) is 57.8 Å². The van der Waals surface area contributed by atoms with Gasteiger partial charge in [-0.25, -0.2) is 0 Å². The molecule has 124 valence electrons. The van der Waals surface area contributed by atoms with E-state index in [1.165, 1.54) is 16.0 Å². The molecule has 23 heavy (non-hydrogen) atoms. The van der Waals surface area contributed by atoms with Crippen molar-refractivity contribution in [2.75, 3.05) is 13.1 Å². The number of nitrogens with one attached hydrogen (secondary N) is 2. The first-order valence-corrected chi connectivity index (χ1v) is 9.10. The number of rotatable bonds is 8. The second-order valence-corrected chi connectivity index (χ2v) is 7.10. The molecule has 0 bridgehead atoms. The zero-order chi connectivity index (χ0) is 16.7. The summed E-state index contributed by atoms with van der Waals surface area (Å²) in [5.41, 5.74) is 2.52. The van der Waals surface area contributed by atoms with E-state index >= 15 is 0 Å². The highest BCUT2D eigenvalue weighted by atomic mass is 32.1. The molecule has 0 spiro atoms. The Morgan fingerprint density at radius 1 is 1.17 bits per heavy atom. The second kappa shape index (κ2) is 8.85. The van der Waals surface area contributed by atoms with E-state index in [1.807, 2.05) is 6.07 Å². The van der Waals surface area contributed by atoms with Gasteiger partial charge in [0, 0.05) is 11.4 Å². The van der Waals surface area contributed by atoms with Crippen molar-refractivity contribution in [2.45, 2.75) is 33.2 Å². The van der Waals surface area contributed by atoms with E-state index < -0.39 is 0 Å². The van der Waals surface area contributed by atoms with E-state index in [1.54, 1.807) is 11.3 Å². The SMILES string of the molecule is CCc1ccc([C@@H](NCC(=O)NCC(C)C)c2cccs2)cc1. The van der Waals surface area contributed by atoms with Crippen molar-refractivity contribution in [1.29, 1.82) is 0 Å². The highest BCUT2D eigenvalue weighted by Crippen LogP contribution is 2.26. The molecule has 1 amide bonds. The van der Waals surface area contributed by atoms with Crippen LogP contribution in [0.1, 0.15) is 42.8 Å². The Kier molecular flexibility index (Phi) is 6.81. The molecule has 1 aromatic carbocycles. The van der Waals surface area contributed by atoms with Crippen molar-refractivity contribution >= 4 is 17.2 Å². The smallest absolute Gasteiger partial charge is 0.233 e. The molecule has 0 saturated heterocycles. The Morgan fingerprint density at radius 2 is 1.91 bits per heavy atom. The van der Waals surface area contributed by atoms with E-state index in [0.717, 1.165) is 13.0 Å². The summed E-state index contributed by atoms with van der Waals surface area (Å²) in [6.45, 7) is 7.39. The van der Waals surface area contributed by atoms with Crippen molar-refractivity contribution in [1.82, 2.24) is 10.6 Å². The molecule has 4 heteroatoms. The Bertz CT molecular complexity index is 590. The minimum absolute atomic E-state index is 0.0467. The number of carbonyl (C=O) groups excluding carboxylic acids is 1.